The summed E-state index contributed by atoms with van der Waals surface area (Å²) < 4.78 is 5.60. The van der Waals surface area contributed by atoms with Crippen molar-refractivity contribution in [3.05, 3.63) is 59.1 Å². The minimum Gasteiger partial charge on any atom is -0.457 e. The smallest absolute Gasteiger partial charge is 0.128 e. The molecule has 0 fully saturated rings. The van der Waals surface area contributed by atoms with Crippen molar-refractivity contribution in [2.45, 2.75) is 6.92 Å². The number of aryl methyl sites for hydroxylation is 1. The van der Waals surface area contributed by atoms with Crippen molar-refractivity contribution >= 4 is 11.6 Å². The van der Waals surface area contributed by atoms with Gasteiger partial charge in [-0.1, -0.05) is 29.8 Å². The molecule has 2 aromatic carbocycles. The highest BCUT2D eigenvalue weighted by molar-refractivity contribution is 6.31. The first-order valence-corrected chi connectivity index (χ1v) is 5.03. The Bertz CT molecular complexity index is 451. The largest absolute Gasteiger partial charge is 0.457 e. The molecule has 15 heavy (non-hydrogen) atoms. The van der Waals surface area contributed by atoms with Crippen molar-refractivity contribution in [1.82, 2.24) is 0 Å². The second-order valence-electron chi connectivity index (χ2n) is 3.25. The van der Waals surface area contributed by atoms with Gasteiger partial charge in [-0.25, -0.2) is 0 Å². The summed E-state index contributed by atoms with van der Waals surface area (Å²) in [4.78, 5) is 0. The summed E-state index contributed by atoms with van der Waals surface area (Å²) in [5, 5.41) is 0.715. The first-order chi connectivity index (χ1) is 7.25. The van der Waals surface area contributed by atoms with E-state index in [-0.39, 0.29) is 0 Å². The van der Waals surface area contributed by atoms with E-state index < -0.39 is 0 Å². The maximum absolute atomic E-state index is 5.99. The maximum Gasteiger partial charge on any atom is 0.128 e. The van der Waals surface area contributed by atoms with Crippen LogP contribution in [0, 0.1) is 13.0 Å². The number of benzene rings is 2. The molecule has 2 rings (SSSR count). The average molecular weight is 218 g/mol. The molecule has 1 radical (unpaired) electrons. The molecule has 0 N–H and O–H groups in total. The summed E-state index contributed by atoms with van der Waals surface area (Å²) in [5.74, 6) is 1.50. The quantitative estimate of drug-likeness (QED) is 0.731. The Morgan fingerprint density at radius 2 is 2.07 bits per heavy atom. The Kier molecular flexibility index (Phi) is 2.93. The van der Waals surface area contributed by atoms with Crippen molar-refractivity contribution in [3.8, 4) is 11.5 Å². The Balaban J connectivity index is 2.22. The molecule has 75 valence electrons. The fraction of sp³-hybridized carbons (Fsp3) is 0.0769. The zero-order chi connectivity index (χ0) is 10.7. The van der Waals surface area contributed by atoms with Gasteiger partial charge in [-0.2, -0.15) is 0 Å². The minimum absolute atomic E-state index is 0.715. The van der Waals surface area contributed by atoms with Crippen molar-refractivity contribution in [2.24, 2.45) is 0 Å². The van der Waals surface area contributed by atoms with E-state index in [9.17, 15) is 0 Å². The molecule has 1 nitrogen and oxygen atoms in total. The zero-order valence-electron chi connectivity index (χ0n) is 8.33. The topological polar surface area (TPSA) is 9.23 Å². The number of rotatable bonds is 2. The molecule has 0 aliphatic rings. The van der Waals surface area contributed by atoms with E-state index >= 15 is 0 Å². The van der Waals surface area contributed by atoms with Crippen molar-refractivity contribution < 1.29 is 4.74 Å². The lowest BCUT2D eigenvalue weighted by atomic mass is 10.2. The molecule has 2 heteroatoms. The van der Waals surface area contributed by atoms with Gasteiger partial charge in [-0.3, -0.25) is 0 Å². The van der Waals surface area contributed by atoms with Crippen LogP contribution in [0.1, 0.15) is 5.56 Å². The predicted molar refractivity (Wildman–Crippen MR) is 61.5 cm³/mol. The highest BCUT2D eigenvalue weighted by Gasteiger charge is 1.99. The van der Waals surface area contributed by atoms with E-state index in [1.165, 1.54) is 0 Å². The Labute approximate surface area is 94.3 Å². The second kappa shape index (κ2) is 4.37. The van der Waals surface area contributed by atoms with Crippen molar-refractivity contribution in [1.29, 1.82) is 0 Å². The summed E-state index contributed by atoms with van der Waals surface area (Å²) in [6.45, 7) is 1.96. The fourth-order valence-electron chi connectivity index (χ4n) is 1.21. The van der Waals surface area contributed by atoms with Crippen LogP contribution in [0.5, 0.6) is 11.5 Å². The van der Waals surface area contributed by atoms with Gasteiger partial charge >= 0.3 is 0 Å². The highest BCUT2D eigenvalue weighted by Crippen LogP contribution is 2.25. The number of hydrogen-bond acceptors (Lipinski definition) is 1. The van der Waals surface area contributed by atoms with Crippen LogP contribution in [0.25, 0.3) is 0 Å². The summed E-state index contributed by atoms with van der Waals surface area (Å²) >= 11 is 5.99. The van der Waals surface area contributed by atoms with Gasteiger partial charge < -0.3 is 4.74 Å². The van der Waals surface area contributed by atoms with E-state index in [1.807, 2.05) is 43.3 Å². The lowest BCUT2D eigenvalue weighted by Crippen LogP contribution is -1.84. The average Bonchev–Trinajstić information content (AvgIpc) is 2.25. The second-order valence-corrected chi connectivity index (χ2v) is 3.66. The minimum atomic E-state index is 0.715. The molecule has 0 bridgehead atoms. The molecule has 0 aliphatic carbocycles. The van der Waals surface area contributed by atoms with Gasteiger partial charge in [-0.15, -0.1) is 0 Å². The molecule has 0 spiro atoms. The Hall–Kier alpha value is -1.47. The third-order valence-electron chi connectivity index (χ3n) is 2.06. The van der Waals surface area contributed by atoms with Crippen molar-refractivity contribution in [2.75, 3.05) is 0 Å². The SMILES string of the molecule is Cc1ccc(Oc2c[c]ccc2)cc1Cl. The summed E-state index contributed by atoms with van der Waals surface area (Å²) in [6, 6.07) is 16.0. The van der Waals surface area contributed by atoms with E-state index in [0.29, 0.717) is 5.02 Å². The van der Waals surface area contributed by atoms with Crippen LogP contribution >= 0.6 is 11.6 Å². The van der Waals surface area contributed by atoms with Gasteiger partial charge in [-0.05, 0) is 42.8 Å². The van der Waals surface area contributed by atoms with E-state index in [0.717, 1.165) is 17.1 Å². The molecular formula is C13H10ClO. The molecule has 0 aromatic heterocycles. The standard InChI is InChI=1S/C13H10ClO/c1-10-7-8-12(9-13(10)14)15-11-5-3-2-4-6-11/h2-3,5-9H,1H3. The number of halogens is 1. The van der Waals surface area contributed by atoms with Crippen LogP contribution in [-0.4, -0.2) is 0 Å². The summed E-state index contributed by atoms with van der Waals surface area (Å²) in [5.41, 5.74) is 1.05. The first kappa shape index (κ1) is 10.1. The predicted octanol–water partition coefficient (Wildman–Crippen LogP) is 4.24. The lowest BCUT2D eigenvalue weighted by Gasteiger charge is -2.06. The third kappa shape index (κ3) is 2.51. The molecule has 0 saturated carbocycles. The van der Waals surface area contributed by atoms with E-state index in [2.05, 4.69) is 6.07 Å². The molecule has 2 aromatic rings. The van der Waals surface area contributed by atoms with Crippen LogP contribution in [0.3, 0.4) is 0 Å². The number of hydrogen-bond donors (Lipinski definition) is 0. The van der Waals surface area contributed by atoms with Gasteiger partial charge in [0, 0.05) is 5.02 Å². The summed E-state index contributed by atoms with van der Waals surface area (Å²) in [7, 11) is 0. The first-order valence-electron chi connectivity index (χ1n) is 4.66. The molecule has 0 saturated heterocycles. The molecule has 0 heterocycles. The van der Waals surface area contributed by atoms with Crippen molar-refractivity contribution in [3.63, 3.8) is 0 Å². The third-order valence-corrected chi connectivity index (χ3v) is 2.46. The molecular weight excluding hydrogens is 208 g/mol. The fourth-order valence-corrected chi connectivity index (χ4v) is 1.38. The van der Waals surface area contributed by atoms with Crippen LogP contribution < -0.4 is 4.74 Å². The highest BCUT2D eigenvalue weighted by atomic mass is 35.5. The van der Waals surface area contributed by atoms with Crippen LogP contribution in [-0.2, 0) is 0 Å². The molecule has 0 unspecified atom stereocenters. The van der Waals surface area contributed by atoms with Gasteiger partial charge in [0.05, 0.1) is 0 Å². The van der Waals surface area contributed by atoms with Crippen LogP contribution in [0.15, 0.2) is 42.5 Å². The molecule has 0 aliphatic heterocycles. The summed E-state index contributed by atoms with van der Waals surface area (Å²) in [6.07, 6.45) is 0. The van der Waals surface area contributed by atoms with Gasteiger partial charge in [0.25, 0.3) is 0 Å². The monoisotopic (exact) mass is 217 g/mol. The Morgan fingerprint density at radius 1 is 1.20 bits per heavy atom. The normalized spacial score (nSPS) is 10.0. The zero-order valence-corrected chi connectivity index (χ0v) is 9.08. The Morgan fingerprint density at radius 3 is 2.73 bits per heavy atom. The lowest BCUT2D eigenvalue weighted by molar-refractivity contribution is 0.482. The molecule has 0 atom stereocenters. The van der Waals surface area contributed by atoms with E-state index in [4.69, 9.17) is 16.3 Å². The van der Waals surface area contributed by atoms with Gasteiger partial charge in [0.15, 0.2) is 0 Å². The maximum atomic E-state index is 5.99. The van der Waals surface area contributed by atoms with Gasteiger partial charge in [0.2, 0.25) is 0 Å². The molecule has 0 amide bonds. The number of ether oxygens (including phenoxy) is 1. The van der Waals surface area contributed by atoms with E-state index in [1.54, 1.807) is 6.07 Å². The van der Waals surface area contributed by atoms with Crippen LogP contribution in [0.4, 0.5) is 0 Å². The van der Waals surface area contributed by atoms with Gasteiger partial charge in [0.1, 0.15) is 11.5 Å². The van der Waals surface area contributed by atoms with Crippen LogP contribution in [0.2, 0.25) is 5.02 Å².